The SMILES string of the molecule is CCCCCCCC/C=C\CCCCCCCCCC(=O)OCCCCCCCCCCCCCCCCCC(=O)NC(CO)C(O)CCCCCCCCCCCC. The number of allylic oxidation sites excluding steroid dienone is 2. The highest BCUT2D eigenvalue weighted by Crippen LogP contribution is 2.16. The van der Waals surface area contributed by atoms with Crippen molar-refractivity contribution in [2.45, 2.75) is 302 Å². The molecule has 0 aromatic carbocycles. The Hall–Kier alpha value is -1.40. The lowest BCUT2D eigenvalue weighted by atomic mass is 10.0. The predicted octanol–water partition coefficient (Wildman–Crippen LogP) is 15.7. The molecule has 3 N–H and O–H groups in total. The second-order valence-electron chi connectivity index (χ2n) is 18.2. The summed E-state index contributed by atoms with van der Waals surface area (Å²) in [5, 5.41) is 23.1. The molecule has 6 heteroatoms. The quantitative estimate of drug-likeness (QED) is 0.0322. The van der Waals surface area contributed by atoms with Crippen molar-refractivity contribution in [2.24, 2.45) is 0 Å². The van der Waals surface area contributed by atoms with Crippen molar-refractivity contribution in [3.63, 3.8) is 0 Å². The number of aliphatic hydroxyl groups excluding tert-OH is 2. The van der Waals surface area contributed by atoms with E-state index in [-0.39, 0.29) is 18.5 Å². The van der Waals surface area contributed by atoms with Crippen LogP contribution in [-0.2, 0) is 14.3 Å². The fourth-order valence-electron chi connectivity index (χ4n) is 8.22. The maximum absolute atomic E-state index is 12.4. The summed E-state index contributed by atoms with van der Waals surface area (Å²) in [4.78, 5) is 24.5. The van der Waals surface area contributed by atoms with E-state index in [1.54, 1.807) is 0 Å². The number of amides is 1. The van der Waals surface area contributed by atoms with Crippen LogP contribution in [0.5, 0.6) is 0 Å². The lowest BCUT2D eigenvalue weighted by Crippen LogP contribution is -2.45. The summed E-state index contributed by atoms with van der Waals surface area (Å²) in [5.41, 5.74) is 0. The van der Waals surface area contributed by atoms with Crippen molar-refractivity contribution in [3.8, 4) is 0 Å². The van der Waals surface area contributed by atoms with Gasteiger partial charge in [0, 0.05) is 12.8 Å². The number of esters is 1. The molecule has 0 spiro atoms. The second-order valence-corrected chi connectivity index (χ2v) is 18.2. The van der Waals surface area contributed by atoms with Gasteiger partial charge in [0.05, 0.1) is 25.4 Å². The van der Waals surface area contributed by atoms with Crippen molar-refractivity contribution in [3.05, 3.63) is 12.2 Å². The number of hydrogen-bond donors (Lipinski definition) is 3. The zero-order chi connectivity index (χ0) is 43.0. The van der Waals surface area contributed by atoms with Crippen molar-refractivity contribution in [2.75, 3.05) is 13.2 Å². The molecular weight excluding hydrogens is 731 g/mol. The zero-order valence-corrected chi connectivity index (χ0v) is 39.7. The molecule has 350 valence electrons. The van der Waals surface area contributed by atoms with Gasteiger partial charge < -0.3 is 20.3 Å². The Kier molecular flexibility index (Phi) is 48.1. The molecule has 0 saturated carbocycles. The highest BCUT2D eigenvalue weighted by atomic mass is 16.5. The van der Waals surface area contributed by atoms with E-state index in [4.69, 9.17) is 4.74 Å². The molecule has 0 aromatic rings. The van der Waals surface area contributed by atoms with Gasteiger partial charge in [0.2, 0.25) is 5.91 Å². The number of hydrogen-bond acceptors (Lipinski definition) is 5. The molecule has 0 bridgehead atoms. The van der Waals surface area contributed by atoms with Crippen LogP contribution in [0.2, 0.25) is 0 Å². The Morgan fingerprint density at radius 2 is 0.797 bits per heavy atom. The molecule has 0 radical (unpaired) electrons. The van der Waals surface area contributed by atoms with E-state index in [0.717, 1.165) is 44.9 Å². The first kappa shape index (κ1) is 57.6. The first-order valence-electron chi connectivity index (χ1n) is 26.4. The van der Waals surface area contributed by atoms with Crippen LogP contribution in [0.3, 0.4) is 0 Å². The van der Waals surface area contributed by atoms with Crippen LogP contribution < -0.4 is 5.32 Å². The Labute approximate surface area is 368 Å². The normalized spacial score (nSPS) is 12.7. The molecule has 0 saturated heterocycles. The van der Waals surface area contributed by atoms with Crippen molar-refractivity contribution in [1.29, 1.82) is 0 Å². The third kappa shape index (κ3) is 45.9. The van der Waals surface area contributed by atoms with Crippen LogP contribution in [0.15, 0.2) is 12.2 Å². The molecule has 0 fully saturated rings. The largest absolute Gasteiger partial charge is 0.466 e. The van der Waals surface area contributed by atoms with E-state index < -0.39 is 12.1 Å². The van der Waals surface area contributed by atoms with E-state index in [9.17, 15) is 19.8 Å². The summed E-state index contributed by atoms with van der Waals surface area (Å²) >= 11 is 0. The van der Waals surface area contributed by atoms with Crippen LogP contribution in [-0.4, -0.2) is 47.4 Å². The fourth-order valence-corrected chi connectivity index (χ4v) is 8.22. The van der Waals surface area contributed by atoms with Crippen LogP contribution in [0.4, 0.5) is 0 Å². The highest BCUT2D eigenvalue weighted by Gasteiger charge is 2.20. The van der Waals surface area contributed by atoms with Gasteiger partial charge in [-0.1, -0.05) is 238 Å². The number of carbonyl (C=O) groups is 2. The maximum Gasteiger partial charge on any atom is 0.305 e. The summed E-state index contributed by atoms with van der Waals surface area (Å²) < 4.78 is 5.47. The molecule has 0 aliphatic rings. The summed E-state index contributed by atoms with van der Waals surface area (Å²) in [6, 6.07) is -0.545. The molecule has 2 unspecified atom stereocenters. The lowest BCUT2D eigenvalue weighted by Gasteiger charge is -2.22. The number of nitrogens with one attached hydrogen (secondary N) is 1. The van der Waals surface area contributed by atoms with Gasteiger partial charge in [-0.2, -0.15) is 0 Å². The molecule has 2 atom stereocenters. The van der Waals surface area contributed by atoms with Crippen molar-refractivity contribution >= 4 is 11.9 Å². The number of carbonyl (C=O) groups excluding carboxylic acids is 2. The summed E-state index contributed by atoms with van der Waals surface area (Å²) in [6.45, 7) is 4.92. The van der Waals surface area contributed by atoms with Gasteiger partial charge >= 0.3 is 5.97 Å². The number of rotatable bonds is 49. The average molecular weight is 834 g/mol. The minimum atomic E-state index is -0.667. The van der Waals surface area contributed by atoms with E-state index in [2.05, 4.69) is 31.3 Å². The van der Waals surface area contributed by atoms with Gasteiger partial charge in [0.1, 0.15) is 0 Å². The van der Waals surface area contributed by atoms with Crippen LogP contribution in [0.1, 0.15) is 290 Å². The Balaban J connectivity index is 3.40. The molecule has 0 aliphatic heterocycles. The Morgan fingerprint density at radius 3 is 1.20 bits per heavy atom. The highest BCUT2D eigenvalue weighted by molar-refractivity contribution is 5.76. The standard InChI is InChI=1S/C53H103NO5/c1-3-5-7-9-11-13-15-16-17-18-21-24-27-31-35-39-43-47-53(58)59-48-44-40-36-32-28-25-22-19-20-23-26-30-34-38-42-46-52(57)54-50(49-55)51(56)45-41-37-33-29-14-12-10-8-6-4-2/h16-17,50-51,55-56H,3-15,18-49H2,1-2H3,(H,54,57)/b17-16-. The van der Waals surface area contributed by atoms with E-state index in [1.807, 2.05) is 0 Å². The molecule has 1 amide bonds. The van der Waals surface area contributed by atoms with E-state index in [1.165, 1.54) is 212 Å². The third-order valence-corrected chi connectivity index (χ3v) is 12.3. The van der Waals surface area contributed by atoms with Gasteiger partial charge in [-0.25, -0.2) is 0 Å². The third-order valence-electron chi connectivity index (χ3n) is 12.3. The number of ether oxygens (including phenoxy) is 1. The minimum absolute atomic E-state index is 0.00262. The first-order valence-corrected chi connectivity index (χ1v) is 26.4. The lowest BCUT2D eigenvalue weighted by molar-refractivity contribution is -0.143. The van der Waals surface area contributed by atoms with Crippen LogP contribution >= 0.6 is 0 Å². The van der Waals surface area contributed by atoms with Crippen molar-refractivity contribution in [1.82, 2.24) is 5.32 Å². The van der Waals surface area contributed by atoms with Gasteiger partial charge in [-0.3, -0.25) is 9.59 Å². The predicted molar refractivity (Wildman–Crippen MR) is 255 cm³/mol. The van der Waals surface area contributed by atoms with Crippen LogP contribution in [0.25, 0.3) is 0 Å². The second kappa shape index (κ2) is 49.3. The minimum Gasteiger partial charge on any atom is -0.466 e. The summed E-state index contributed by atoms with van der Waals surface area (Å²) in [6.07, 6.45) is 56.1. The number of unbranched alkanes of at least 4 members (excludes halogenated alkanes) is 36. The molecule has 0 heterocycles. The van der Waals surface area contributed by atoms with E-state index >= 15 is 0 Å². The molecular formula is C53H103NO5. The van der Waals surface area contributed by atoms with Crippen LogP contribution in [0, 0.1) is 0 Å². The summed E-state index contributed by atoms with van der Waals surface area (Å²) in [5.74, 6) is -0.0474. The molecule has 0 aromatic heterocycles. The van der Waals surface area contributed by atoms with Gasteiger partial charge in [0.25, 0.3) is 0 Å². The topological polar surface area (TPSA) is 95.9 Å². The van der Waals surface area contributed by atoms with Gasteiger partial charge in [-0.15, -0.1) is 0 Å². The smallest absolute Gasteiger partial charge is 0.305 e. The maximum atomic E-state index is 12.4. The molecule has 6 nitrogen and oxygen atoms in total. The molecule has 0 aliphatic carbocycles. The molecule has 59 heavy (non-hydrogen) atoms. The number of aliphatic hydroxyl groups is 2. The van der Waals surface area contributed by atoms with E-state index in [0.29, 0.717) is 25.9 Å². The monoisotopic (exact) mass is 834 g/mol. The zero-order valence-electron chi connectivity index (χ0n) is 39.7. The fraction of sp³-hybridized carbons (Fsp3) is 0.925. The van der Waals surface area contributed by atoms with Gasteiger partial charge in [-0.05, 0) is 51.4 Å². The summed E-state index contributed by atoms with van der Waals surface area (Å²) in [7, 11) is 0. The average Bonchev–Trinajstić information content (AvgIpc) is 3.24. The van der Waals surface area contributed by atoms with Crippen molar-refractivity contribution < 1.29 is 24.5 Å². The Morgan fingerprint density at radius 1 is 0.458 bits per heavy atom. The Bertz CT molecular complexity index is 878. The molecule has 0 rings (SSSR count). The van der Waals surface area contributed by atoms with Gasteiger partial charge in [0.15, 0.2) is 0 Å². The first-order chi connectivity index (χ1) is 29.0.